The van der Waals surface area contributed by atoms with Crippen molar-refractivity contribution in [3.63, 3.8) is 0 Å². The first-order valence-electron chi connectivity index (χ1n) is 5.72. The van der Waals surface area contributed by atoms with Crippen molar-refractivity contribution in [2.45, 2.75) is 6.54 Å². The van der Waals surface area contributed by atoms with E-state index in [2.05, 4.69) is 0 Å². The zero-order valence-electron chi connectivity index (χ0n) is 10.6. The number of nitrogens with zero attached hydrogens (tertiary/aromatic N) is 3. The molecule has 0 bridgehead atoms. The molecule has 1 aromatic carbocycles. The molecule has 5 nitrogen and oxygen atoms in total. The molecular formula is C14H12FN3O2. The van der Waals surface area contributed by atoms with Crippen LogP contribution in [0.1, 0.15) is 11.1 Å². The maximum atomic E-state index is 13.2. The average molecular weight is 273 g/mol. The van der Waals surface area contributed by atoms with Crippen LogP contribution >= 0.6 is 0 Å². The Morgan fingerprint density at radius 2 is 2.00 bits per heavy atom. The van der Waals surface area contributed by atoms with Crippen molar-refractivity contribution >= 4 is 12.0 Å². The lowest BCUT2D eigenvalue weighted by atomic mass is 10.1. The molecule has 1 aromatic rings. The van der Waals surface area contributed by atoms with Crippen LogP contribution in [0, 0.1) is 28.5 Å². The van der Waals surface area contributed by atoms with Crippen molar-refractivity contribution in [1.82, 2.24) is 4.90 Å². The van der Waals surface area contributed by atoms with E-state index in [4.69, 9.17) is 15.6 Å². The molecule has 1 rings (SSSR count). The SMILES string of the molecule is N#CCN(CC#N)Cc1ccc(F)cc1C=CC(=O)O. The second kappa shape index (κ2) is 7.67. The highest BCUT2D eigenvalue weighted by Gasteiger charge is 2.09. The van der Waals surface area contributed by atoms with Gasteiger partial charge in [-0.3, -0.25) is 4.90 Å². The minimum atomic E-state index is -1.13. The summed E-state index contributed by atoms with van der Waals surface area (Å²) >= 11 is 0. The van der Waals surface area contributed by atoms with Crippen LogP contribution in [0.25, 0.3) is 6.08 Å². The quantitative estimate of drug-likeness (QED) is 0.630. The van der Waals surface area contributed by atoms with E-state index < -0.39 is 11.8 Å². The predicted octanol–water partition coefficient (Wildman–Crippen LogP) is 1.77. The van der Waals surface area contributed by atoms with Crippen molar-refractivity contribution in [1.29, 1.82) is 10.5 Å². The lowest BCUT2D eigenvalue weighted by Crippen LogP contribution is -2.24. The Labute approximate surface area is 115 Å². The molecule has 0 unspecified atom stereocenters. The Bertz CT molecular complexity index is 583. The van der Waals surface area contributed by atoms with E-state index in [9.17, 15) is 9.18 Å². The van der Waals surface area contributed by atoms with Crippen LogP contribution in [0.15, 0.2) is 24.3 Å². The maximum absolute atomic E-state index is 13.2. The van der Waals surface area contributed by atoms with Crippen LogP contribution in [-0.2, 0) is 11.3 Å². The van der Waals surface area contributed by atoms with Gasteiger partial charge < -0.3 is 5.11 Å². The smallest absolute Gasteiger partial charge is 0.328 e. The van der Waals surface area contributed by atoms with Gasteiger partial charge in [-0.2, -0.15) is 10.5 Å². The van der Waals surface area contributed by atoms with E-state index in [0.717, 1.165) is 6.08 Å². The van der Waals surface area contributed by atoms with Crippen LogP contribution in [0.4, 0.5) is 4.39 Å². The zero-order valence-corrected chi connectivity index (χ0v) is 10.6. The average Bonchev–Trinajstić information content (AvgIpc) is 2.39. The van der Waals surface area contributed by atoms with Gasteiger partial charge in [-0.05, 0) is 29.3 Å². The molecule has 0 spiro atoms. The van der Waals surface area contributed by atoms with E-state index in [1.807, 2.05) is 12.1 Å². The summed E-state index contributed by atoms with van der Waals surface area (Å²) in [6.45, 7) is 0.390. The van der Waals surface area contributed by atoms with Gasteiger partial charge in [-0.15, -0.1) is 0 Å². The third-order valence-electron chi connectivity index (χ3n) is 2.50. The Hall–Kier alpha value is -2.70. The lowest BCUT2D eigenvalue weighted by molar-refractivity contribution is -0.131. The van der Waals surface area contributed by atoms with Crippen LogP contribution in [-0.4, -0.2) is 29.1 Å². The minimum Gasteiger partial charge on any atom is -0.478 e. The van der Waals surface area contributed by atoms with Gasteiger partial charge in [0.1, 0.15) is 5.82 Å². The number of carboxylic acids is 1. The van der Waals surface area contributed by atoms with Crippen molar-refractivity contribution in [3.05, 3.63) is 41.2 Å². The highest BCUT2D eigenvalue weighted by atomic mass is 19.1. The molecule has 0 amide bonds. The van der Waals surface area contributed by atoms with Crippen LogP contribution in [0.3, 0.4) is 0 Å². The number of hydrogen-bond acceptors (Lipinski definition) is 4. The molecule has 0 aromatic heterocycles. The summed E-state index contributed by atoms with van der Waals surface area (Å²) in [6.07, 6.45) is 2.20. The van der Waals surface area contributed by atoms with Crippen molar-refractivity contribution in [3.8, 4) is 12.1 Å². The molecule has 102 valence electrons. The summed E-state index contributed by atoms with van der Waals surface area (Å²) in [4.78, 5) is 12.1. The van der Waals surface area contributed by atoms with Gasteiger partial charge in [0.15, 0.2) is 0 Å². The molecule has 0 heterocycles. The molecule has 1 N–H and O–H groups in total. The van der Waals surface area contributed by atoms with Gasteiger partial charge in [-0.25, -0.2) is 9.18 Å². The Morgan fingerprint density at radius 3 is 2.55 bits per heavy atom. The van der Waals surface area contributed by atoms with Crippen molar-refractivity contribution < 1.29 is 14.3 Å². The number of benzene rings is 1. The molecule has 20 heavy (non-hydrogen) atoms. The van der Waals surface area contributed by atoms with E-state index in [-0.39, 0.29) is 19.6 Å². The van der Waals surface area contributed by atoms with E-state index in [0.29, 0.717) is 11.1 Å². The first-order chi connectivity index (χ1) is 9.56. The number of hydrogen-bond donors (Lipinski definition) is 1. The number of nitriles is 2. The minimum absolute atomic E-state index is 0.0625. The summed E-state index contributed by atoms with van der Waals surface area (Å²) in [5, 5.41) is 26.0. The second-order valence-corrected chi connectivity index (χ2v) is 3.98. The van der Waals surface area contributed by atoms with Crippen LogP contribution in [0.5, 0.6) is 0 Å². The van der Waals surface area contributed by atoms with Gasteiger partial charge in [0.25, 0.3) is 0 Å². The summed E-state index contributed by atoms with van der Waals surface area (Å²) in [5.74, 6) is -1.61. The normalized spacial score (nSPS) is 10.4. The fourth-order valence-corrected chi connectivity index (χ4v) is 1.63. The molecule has 0 radical (unpaired) electrons. The molecule has 0 aliphatic heterocycles. The molecule has 0 saturated carbocycles. The summed E-state index contributed by atoms with van der Waals surface area (Å²) in [5.41, 5.74) is 1.06. The largest absolute Gasteiger partial charge is 0.478 e. The van der Waals surface area contributed by atoms with E-state index >= 15 is 0 Å². The standard InChI is InChI=1S/C14H12FN3O2/c15-13-3-1-12(10-18(7-5-16)8-6-17)11(9-13)2-4-14(19)20/h1-4,9H,7-8,10H2,(H,19,20). The fraction of sp³-hybridized carbons (Fsp3) is 0.214. The van der Waals surface area contributed by atoms with Crippen molar-refractivity contribution in [2.75, 3.05) is 13.1 Å². The molecule has 0 fully saturated rings. The third kappa shape index (κ3) is 4.89. The highest BCUT2D eigenvalue weighted by Crippen LogP contribution is 2.15. The highest BCUT2D eigenvalue weighted by molar-refractivity contribution is 5.85. The number of rotatable bonds is 6. The monoisotopic (exact) mass is 273 g/mol. The summed E-state index contributed by atoms with van der Waals surface area (Å²) in [7, 11) is 0. The van der Waals surface area contributed by atoms with E-state index in [1.54, 1.807) is 4.90 Å². The number of aliphatic carboxylic acids is 1. The van der Waals surface area contributed by atoms with Crippen LogP contribution in [0.2, 0.25) is 0 Å². The zero-order chi connectivity index (χ0) is 15.0. The van der Waals surface area contributed by atoms with Gasteiger partial charge in [0, 0.05) is 12.6 Å². The summed E-state index contributed by atoms with van der Waals surface area (Å²) in [6, 6.07) is 7.87. The molecular weight excluding hydrogens is 261 g/mol. The second-order valence-electron chi connectivity index (χ2n) is 3.98. The fourth-order valence-electron chi connectivity index (χ4n) is 1.63. The number of carboxylic acid groups (broad SMARTS) is 1. The van der Waals surface area contributed by atoms with Gasteiger partial charge >= 0.3 is 5.97 Å². The van der Waals surface area contributed by atoms with Crippen LogP contribution < -0.4 is 0 Å². The molecule has 0 atom stereocenters. The molecule has 6 heteroatoms. The lowest BCUT2D eigenvalue weighted by Gasteiger charge is -2.16. The Kier molecular flexibility index (Phi) is 5.89. The van der Waals surface area contributed by atoms with E-state index in [1.165, 1.54) is 24.3 Å². The Morgan fingerprint density at radius 1 is 1.35 bits per heavy atom. The van der Waals surface area contributed by atoms with Gasteiger partial charge in [0.05, 0.1) is 25.2 Å². The maximum Gasteiger partial charge on any atom is 0.328 e. The Balaban J connectivity index is 3.01. The van der Waals surface area contributed by atoms with Gasteiger partial charge in [0.2, 0.25) is 0 Å². The first-order valence-corrected chi connectivity index (χ1v) is 5.72. The molecule has 0 aliphatic rings. The summed E-state index contributed by atoms with van der Waals surface area (Å²) < 4.78 is 13.2. The third-order valence-corrected chi connectivity index (χ3v) is 2.50. The van der Waals surface area contributed by atoms with Gasteiger partial charge in [-0.1, -0.05) is 6.07 Å². The number of carbonyl (C=O) groups is 1. The predicted molar refractivity (Wildman–Crippen MR) is 69.6 cm³/mol. The number of halogens is 1. The van der Waals surface area contributed by atoms with Crippen molar-refractivity contribution in [2.24, 2.45) is 0 Å². The molecule has 0 saturated heterocycles. The first kappa shape index (κ1) is 15.4. The molecule has 0 aliphatic carbocycles. The topological polar surface area (TPSA) is 88.1 Å².